The van der Waals surface area contributed by atoms with Gasteiger partial charge in [0.25, 0.3) is 12.3 Å². The normalized spacial score (nSPS) is 26.0. The van der Waals surface area contributed by atoms with E-state index >= 15 is 0 Å². The fraction of sp³-hybridized carbons (Fsp3) is 0.714. The molecule has 0 radical (unpaired) electrons. The fourth-order valence-corrected chi connectivity index (χ4v) is 4.73. The monoisotopic (exact) mass is 315 g/mol. The highest BCUT2D eigenvalue weighted by Gasteiger charge is 2.37. The Bertz CT molecular complexity index is 506. The van der Waals surface area contributed by atoms with Crippen LogP contribution < -0.4 is 0 Å². The number of thioether (sulfide) groups is 1. The van der Waals surface area contributed by atoms with Crippen LogP contribution >= 0.6 is 11.8 Å². The molecule has 0 unspecified atom stereocenters. The maximum atomic E-state index is 12.7. The maximum Gasteiger partial charge on any atom is 0.272 e. The molecule has 21 heavy (non-hydrogen) atoms. The van der Waals surface area contributed by atoms with Crippen molar-refractivity contribution in [1.29, 1.82) is 0 Å². The second-order valence-corrected chi connectivity index (χ2v) is 6.90. The number of nitrogens with zero attached hydrogens (tertiary/aromatic N) is 3. The highest BCUT2D eigenvalue weighted by Crippen LogP contribution is 2.36. The number of aromatic nitrogens is 2. The number of alkyl halides is 2. The molecule has 1 saturated heterocycles. The van der Waals surface area contributed by atoms with Gasteiger partial charge in [-0.05, 0) is 18.9 Å². The Hall–Kier alpha value is -1.11. The Morgan fingerprint density at radius 2 is 2.24 bits per heavy atom. The van der Waals surface area contributed by atoms with E-state index < -0.39 is 13.0 Å². The topological polar surface area (TPSA) is 38.1 Å². The third kappa shape index (κ3) is 3.07. The lowest BCUT2D eigenvalue weighted by Gasteiger charge is -2.43. The molecule has 0 aromatic carbocycles. The number of fused-ring (bicyclic) bond motifs is 1. The first-order valence-corrected chi connectivity index (χ1v) is 8.44. The molecular formula is C14H19F2N3OS. The summed E-state index contributed by atoms with van der Waals surface area (Å²) >= 11 is 1.94. The summed E-state index contributed by atoms with van der Waals surface area (Å²) in [5.74, 6) is 0.779. The van der Waals surface area contributed by atoms with Crippen LogP contribution in [-0.2, 0) is 6.54 Å². The number of hydrogen-bond acceptors (Lipinski definition) is 3. The molecule has 2 atom stereocenters. The maximum absolute atomic E-state index is 12.7. The quantitative estimate of drug-likeness (QED) is 0.861. The molecule has 1 aliphatic heterocycles. The molecule has 2 aliphatic rings. The number of halogens is 2. The summed E-state index contributed by atoms with van der Waals surface area (Å²) in [5.41, 5.74) is 0.284. The van der Waals surface area contributed by atoms with E-state index in [-0.39, 0.29) is 17.6 Å². The Morgan fingerprint density at radius 3 is 3.05 bits per heavy atom. The zero-order valence-electron chi connectivity index (χ0n) is 11.8. The van der Waals surface area contributed by atoms with Crippen LogP contribution in [0.5, 0.6) is 0 Å². The average Bonchev–Trinajstić information content (AvgIpc) is 2.93. The number of amides is 1. The highest BCUT2D eigenvalue weighted by atomic mass is 32.2. The Kier molecular flexibility index (Phi) is 4.47. The lowest BCUT2D eigenvalue weighted by Crippen LogP contribution is -2.52. The van der Waals surface area contributed by atoms with Crippen LogP contribution in [0.1, 0.15) is 36.2 Å². The Labute approximate surface area is 126 Å². The lowest BCUT2D eigenvalue weighted by molar-refractivity contribution is 0.0623. The summed E-state index contributed by atoms with van der Waals surface area (Å²) in [4.78, 5) is 14.6. The van der Waals surface area contributed by atoms with Crippen LogP contribution in [0.4, 0.5) is 8.78 Å². The van der Waals surface area contributed by atoms with Crippen molar-refractivity contribution in [2.75, 3.05) is 12.3 Å². The number of carbonyl (C=O) groups excluding carboxylic acids is 1. The predicted molar refractivity (Wildman–Crippen MR) is 77.8 cm³/mol. The highest BCUT2D eigenvalue weighted by molar-refractivity contribution is 8.00. The Morgan fingerprint density at radius 1 is 1.43 bits per heavy atom. The third-order valence-corrected chi connectivity index (χ3v) is 5.64. The van der Waals surface area contributed by atoms with Gasteiger partial charge in [-0.2, -0.15) is 16.9 Å². The molecule has 7 heteroatoms. The SMILES string of the molecule is O=C(c1ccnn1CC(F)F)N1CCS[C@H]2CCCC[C@H]21. The van der Waals surface area contributed by atoms with Crippen molar-refractivity contribution in [3.63, 3.8) is 0 Å². The van der Waals surface area contributed by atoms with Gasteiger partial charge in [0.05, 0.1) is 0 Å². The van der Waals surface area contributed by atoms with Gasteiger partial charge in [0.1, 0.15) is 12.2 Å². The number of rotatable bonds is 3. The summed E-state index contributed by atoms with van der Waals surface area (Å²) in [6.07, 6.45) is 3.45. The molecule has 1 aromatic rings. The molecule has 1 aliphatic carbocycles. The summed E-state index contributed by atoms with van der Waals surface area (Å²) in [5, 5.41) is 4.36. The second kappa shape index (κ2) is 6.34. The zero-order chi connectivity index (χ0) is 14.8. The van der Waals surface area contributed by atoms with Crippen LogP contribution in [0.15, 0.2) is 12.3 Å². The molecule has 2 fully saturated rings. The molecule has 1 aromatic heterocycles. The van der Waals surface area contributed by atoms with Crippen LogP contribution in [0, 0.1) is 0 Å². The van der Waals surface area contributed by atoms with E-state index in [1.54, 1.807) is 6.07 Å². The first kappa shape index (κ1) is 14.8. The number of carbonyl (C=O) groups is 1. The second-order valence-electron chi connectivity index (χ2n) is 5.55. The number of hydrogen-bond donors (Lipinski definition) is 0. The van der Waals surface area contributed by atoms with Gasteiger partial charge in [0.15, 0.2) is 0 Å². The molecule has 0 bridgehead atoms. The molecule has 116 valence electrons. The van der Waals surface area contributed by atoms with Crippen LogP contribution in [0.2, 0.25) is 0 Å². The molecule has 1 saturated carbocycles. The first-order chi connectivity index (χ1) is 10.2. The molecule has 0 N–H and O–H groups in total. The minimum atomic E-state index is -2.50. The van der Waals surface area contributed by atoms with Gasteiger partial charge < -0.3 is 4.90 Å². The van der Waals surface area contributed by atoms with Crippen LogP contribution in [-0.4, -0.2) is 50.6 Å². The zero-order valence-corrected chi connectivity index (χ0v) is 12.6. The smallest absolute Gasteiger partial charge is 0.272 e. The predicted octanol–water partition coefficient (Wildman–Crippen LogP) is 2.65. The summed E-state index contributed by atoms with van der Waals surface area (Å²) in [6.45, 7) is 0.176. The molecule has 1 amide bonds. The van der Waals surface area contributed by atoms with E-state index in [1.807, 2.05) is 16.7 Å². The van der Waals surface area contributed by atoms with E-state index in [0.717, 1.165) is 29.7 Å². The standard InChI is InChI=1S/C14H19F2N3OS/c15-13(16)9-19-11(5-6-17-19)14(20)18-7-8-21-12-4-2-1-3-10(12)18/h5-6,10,12-13H,1-4,7-9H2/t10-,12+/m1/s1. The third-order valence-electron chi connectivity index (χ3n) is 4.24. The summed E-state index contributed by atoms with van der Waals surface area (Å²) in [6, 6.07) is 1.80. The van der Waals surface area contributed by atoms with Crippen molar-refractivity contribution in [1.82, 2.24) is 14.7 Å². The van der Waals surface area contributed by atoms with Crippen LogP contribution in [0.25, 0.3) is 0 Å². The van der Waals surface area contributed by atoms with Gasteiger partial charge in [0.2, 0.25) is 0 Å². The van der Waals surface area contributed by atoms with Crippen molar-refractivity contribution >= 4 is 17.7 Å². The minimum Gasteiger partial charge on any atom is -0.332 e. The molecular weight excluding hydrogens is 296 g/mol. The summed E-state index contributed by atoms with van der Waals surface area (Å²) < 4.78 is 26.3. The van der Waals surface area contributed by atoms with Crippen molar-refractivity contribution in [3.8, 4) is 0 Å². The van der Waals surface area contributed by atoms with E-state index in [1.165, 1.54) is 12.6 Å². The van der Waals surface area contributed by atoms with Crippen molar-refractivity contribution < 1.29 is 13.6 Å². The molecule has 0 spiro atoms. The molecule has 3 rings (SSSR count). The van der Waals surface area contributed by atoms with Gasteiger partial charge in [-0.25, -0.2) is 8.78 Å². The average molecular weight is 315 g/mol. The van der Waals surface area contributed by atoms with Crippen molar-refractivity contribution in [2.24, 2.45) is 0 Å². The van der Waals surface area contributed by atoms with E-state index in [9.17, 15) is 13.6 Å². The largest absolute Gasteiger partial charge is 0.332 e. The van der Waals surface area contributed by atoms with Crippen molar-refractivity contribution in [2.45, 2.75) is 49.9 Å². The fourth-order valence-electron chi connectivity index (χ4n) is 3.29. The van der Waals surface area contributed by atoms with Gasteiger partial charge in [-0.3, -0.25) is 9.48 Å². The van der Waals surface area contributed by atoms with Crippen molar-refractivity contribution in [3.05, 3.63) is 18.0 Å². The van der Waals surface area contributed by atoms with E-state index in [2.05, 4.69) is 5.10 Å². The molecule has 2 heterocycles. The molecule has 4 nitrogen and oxygen atoms in total. The van der Waals surface area contributed by atoms with Gasteiger partial charge in [-0.15, -0.1) is 0 Å². The van der Waals surface area contributed by atoms with Gasteiger partial charge in [0, 0.05) is 29.8 Å². The van der Waals surface area contributed by atoms with E-state index in [0.29, 0.717) is 11.8 Å². The summed E-state index contributed by atoms with van der Waals surface area (Å²) in [7, 11) is 0. The lowest BCUT2D eigenvalue weighted by atomic mass is 9.93. The van der Waals surface area contributed by atoms with Crippen LogP contribution in [0.3, 0.4) is 0 Å². The van der Waals surface area contributed by atoms with E-state index in [4.69, 9.17) is 0 Å². The van der Waals surface area contributed by atoms with Gasteiger partial charge in [-0.1, -0.05) is 12.8 Å². The first-order valence-electron chi connectivity index (χ1n) is 7.39. The van der Waals surface area contributed by atoms with Gasteiger partial charge >= 0.3 is 0 Å². The minimum absolute atomic E-state index is 0.148. The Balaban J connectivity index is 1.79.